The van der Waals surface area contributed by atoms with Crippen molar-refractivity contribution < 1.29 is 14.3 Å². The van der Waals surface area contributed by atoms with E-state index in [4.69, 9.17) is 9.47 Å². The van der Waals surface area contributed by atoms with Gasteiger partial charge >= 0.3 is 0 Å². The molecule has 136 valence electrons. The molecule has 2 aromatic rings. The van der Waals surface area contributed by atoms with Crippen LogP contribution in [0.4, 0.5) is 0 Å². The summed E-state index contributed by atoms with van der Waals surface area (Å²) in [6.07, 6.45) is 4.44. The number of hydrogen-bond acceptors (Lipinski definition) is 5. The van der Waals surface area contributed by atoms with Crippen molar-refractivity contribution in [2.24, 2.45) is 7.05 Å². The van der Waals surface area contributed by atoms with Gasteiger partial charge in [-0.05, 0) is 31.2 Å². The van der Waals surface area contributed by atoms with Gasteiger partial charge in [-0.2, -0.15) is 5.10 Å². The van der Waals surface area contributed by atoms with Crippen molar-refractivity contribution in [2.75, 3.05) is 20.8 Å². The van der Waals surface area contributed by atoms with E-state index in [0.717, 1.165) is 17.5 Å². The SMILES string of the molecule is CCCOc1ccc(CNC(=O)C(NC)c2cnn(C)c2)cc1OC. The Morgan fingerprint density at radius 3 is 2.76 bits per heavy atom. The molecule has 7 nitrogen and oxygen atoms in total. The number of amides is 1. The fraction of sp³-hybridized carbons (Fsp3) is 0.444. The number of carbonyl (C=O) groups excluding carboxylic acids is 1. The number of hydrogen-bond donors (Lipinski definition) is 2. The van der Waals surface area contributed by atoms with E-state index < -0.39 is 6.04 Å². The standard InChI is InChI=1S/C18H26N4O3/c1-5-8-25-15-7-6-13(9-16(15)24-4)10-20-18(23)17(19-2)14-11-21-22(3)12-14/h6-7,9,11-12,17,19H,5,8,10H2,1-4H3,(H,20,23). The molecule has 0 aliphatic rings. The minimum atomic E-state index is -0.442. The quantitative estimate of drug-likeness (QED) is 0.724. The summed E-state index contributed by atoms with van der Waals surface area (Å²) in [6.45, 7) is 3.10. The highest BCUT2D eigenvalue weighted by Crippen LogP contribution is 2.28. The fourth-order valence-corrected chi connectivity index (χ4v) is 2.48. The first-order chi connectivity index (χ1) is 12.1. The first-order valence-electron chi connectivity index (χ1n) is 8.32. The fourth-order valence-electron chi connectivity index (χ4n) is 2.48. The van der Waals surface area contributed by atoms with Crippen molar-refractivity contribution in [3.05, 3.63) is 41.7 Å². The van der Waals surface area contributed by atoms with Crippen LogP contribution in [0.1, 0.15) is 30.5 Å². The van der Waals surface area contributed by atoms with Crippen molar-refractivity contribution >= 4 is 5.91 Å². The van der Waals surface area contributed by atoms with E-state index in [-0.39, 0.29) is 5.91 Å². The van der Waals surface area contributed by atoms with Gasteiger partial charge in [-0.25, -0.2) is 0 Å². The molecule has 1 aromatic heterocycles. The Kier molecular flexibility index (Phi) is 6.82. The second-order valence-corrected chi connectivity index (χ2v) is 5.72. The minimum absolute atomic E-state index is 0.110. The summed E-state index contributed by atoms with van der Waals surface area (Å²) in [5, 5.41) is 10.1. The highest BCUT2D eigenvalue weighted by atomic mass is 16.5. The molecule has 1 amide bonds. The second-order valence-electron chi connectivity index (χ2n) is 5.72. The van der Waals surface area contributed by atoms with Crippen LogP contribution in [0.3, 0.4) is 0 Å². The van der Waals surface area contributed by atoms with Crippen molar-refractivity contribution in [3.8, 4) is 11.5 Å². The molecule has 2 rings (SSSR count). The van der Waals surface area contributed by atoms with Gasteiger partial charge in [0.05, 0.1) is 19.9 Å². The predicted molar refractivity (Wildman–Crippen MR) is 95.6 cm³/mol. The molecular formula is C18H26N4O3. The third-order valence-corrected chi connectivity index (χ3v) is 3.77. The number of rotatable bonds is 9. The molecule has 2 N–H and O–H groups in total. The van der Waals surface area contributed by atoms with E-state index in [1.807, 2.05) is 31.4 Å². The van der Waals surface area contributed by atoms with Gasteiger partial charge in [-0.1, -0.05) is 13.0 Å². The zero-order valence-electron chi connectivity index (χ0n) is 15.2. The summed E-state index contributed by atoms with van der Waals surface area (Å²) < 4.78 is 12.7. The molecule has 0 saturated heterocycles. The van der Waals surface area contributed by atoms with Crippen LogP contribution in [0.25, 0.3) is 0 Å². The molecule has 0 aliphatic heterocycles. The highest BCUT2D eigenvalue weighted by Gasteiger charge is 2.19. The molecular weight excluding hydrogens is 320 g/mol. The van der Waals surface area contributed by atoms with Crippen LogP contribution >= 0.6 is 0 Å². The summed E-state index contributed by atoms with van der Waals surface area (Å²) in [5.74, 6) is 1.27. The van der Waals surface area contributed by atoms with Gasteiger partial charge in [0.15, 0.2) is 11.5 Å². The lowest BCUT2D eigenvalue weighted by Gasteiger charge is -2.15. The molecule has 0 aliphatic carbocycles. The zero-order valence-corrected chi connectivity index (χ0v) is 15.2. The van der Waals surface area contributed by atoms with Gasteiger partial charge in [0.1, 0.15) is 6.04 Å². The maximum absolute atomic E-state index is 12.5. The van der Waals surface area contributed by atoms with Crippen molar-refractivity contribution in [1.82, 2.24) is 20.4 Å². The van der Waals surface area contributed by atoms with Crippen LogP contribution in [-0.4, -0.2) is 36.5 Å². The smallest absolute Gasteiger partial charge is 0.242 e. The van der Waals surface area contributed by atoms with Gasteiger partial charge in [0, 0.05) is 25.4 Å². The number of benzene rings is 1. The lowest BCUT2D eigenvalue weighted by Crippen LogP contribution is -2.35. The van der Waals surface area contributed by atoms with E-state index in [1.165, 1.54) is 0 Å². The van der Waals surface area contributed by atoms with Gasteiger partial charge in [0.25, 0.3) is 0 Å². The molecule has 0 fully saturated rings. The third kappa shape index (κ3) is 4.96. The molecule has 0 saturated carbocycles. The van der Waals surface area contributed by atoms with E-state index in [1.54, 1.807) is 25.0 Å². The van der Waals surface area contributed by atoms with Gasteiger partial charge in [-0.15, -0.1) is 0 Å². The number of methoxy groups -OCH3 is 1. The Bertz CT molecular complexity index is 699. The molecule has 1 unspecified atom stereocenters. The van der Waals surface area contributed by atoms with Crippen LogP contribution in [0.15, 0.2) is 30.6 Å². The molecule has 7 heteroatoms. The molecule has 25 heavy (non-hydrogen) atoms. The minimum Gasteiger partial charge on any atom is -0.493 e. The van der Waals surface area contributed by atoms with Crippen LogP contribution in [0.2, 0.25) is 0 Å². The highest BCUT2D eigenvalue weighted by molar-refractivity contribution is 5.83. The Labute approximate surface area is 148 Å². The number of carbonyl (C=O) groups is 1. The van der Waals surface area contributed by atoms with Gasteiger partial charge in [-0.3, -0.25) is 9.48 Å². The molecule has 1 aromatic carbocycles. The van der Waals surface area contributed by atoms with E-state index in [2.05, 4.69) is 22.7 Å². The Morgan fingerprint density at radius 1 is 1.36 bits per heavy atom. The first kappa shape index (κ1) is 18.8. The number of nitrogens with one attached hydrogen (secondary N) is 2. The van der Waals surface area contributed by atoms with Gasteiger partial charge < -0.3 is 20.1 Å². The Morgan fingerprint density at radius 2 is 2.16 bits per heavy atom. The Balaban J connectivity index is 2.00. The molecule has 1 atom stereocenters. The lowest BCUT2D eigenvalue weighted by molar-refractivity contribution is -0.123. The molecule has 0 bridgehead atoms. The van der Waals surface area contributed by atoms with Crippen molar-refractivity contribution in [2.45, 2.75) is 25.9 Å². The van der Waals surface area contributed by atoms with E-state index >= 15 is 0 Å². The lowest BCUT2D eigenvalue weighted by atomic mass is 10.1. The first-order valence-corrected chi connectivity index (χ1v) is 8.32. The molecule has 1 heterocycles. The number of ether oxygens (including phenoxy) is 2. The average molecular weight is 346 g/mol. The maximum atomic E-state index is 12.5. The predicted octanol–water partition coefficient (Wildman–Crippen LogP) is 1.79. The number of aromatic nitrogens is 2. The zero-order chi connectivity index (χ0) is 18.2. The third-order valence-electron chi connectivity index (χ3n) is 3.77. The summed E-state index contributed by atoms with van der Waals surface area (Å²) in [7, 11) is 5.18. The summed E-state index contributed by atoms with van der Waals surface area (Å²) in [5.41, 5.74) is 1.76. The van der Waals surface area contributed by atoms with E-state index in [9.17, 15) is 4.79 Å². The topological polar surface area (TPSA) is 77.4 Å². The normalized spacial score (nSPS) is 11.8. The average Bonchev–Trinajstić information content (AvgIpc) is 3.05. The summed E-state index contributed by atoms with van der Waals surface area (Å²) in [6, 6.07) is 5.23. The summed E-state index contributed by atoms with van der Waals surface area (Å²) in [4.78, 5) is 12.5. The molecule has 0 radical (unpaired) electrons. The summed E-state index contributed by atoms with van der Waals surface area (Å²) >= 11 is 0. The van der Waals surface area contributed by atoms with Crippen molar-refractivity contribution in [1.29, 1.82) is 0 Å². The van der Waals surface area contributed by atoms with Crippen LogP contribution in [0.5, 0.6) is 11.5 Å². The number of nitrogens with zero attached hydrogens (tertiary/aromatic N) is 2. The van der Waals surface area contributed by atoms with E-state index in [0.29, 0.717) is 24.7 Å². The van der Waals surface area contributed by atoms with Crippen LogP contribution in [-0.2, 0) is 18.4 Å². The molecule has 0 spiro atoms. The largest absolute Gasteiger partial charge is 0.493 e. The maximum Gasteiger partial charge on any atom is 0.242 e. The van der Waals surface area contributed by atoms with Crippen molar-refractivity contribution in [3.63, 3.8) is 0 Å². The van der Waals surface area contributed by atoms with Gasteiger partial charge in [0.2, 0.25) is 5.91 Å². The monoisotopic (exact) mass is 346 g/mol. The van der Waals surface area contributed by atoms with Crippen LogP contribution < -0.4 is 20.1 Å². The second kappa shape index (κ2) is 9.08. The Hall–Kier alpha value is -2.54. The number of aryl methyl sites for hydroxylation is 1. The van der Waals surface area contributed by atoms with Crippen LogP contribution in [0, 0.1) is 0 Å². The number of likely N-dealkylation sites (N-methyl/N-ethyl adjacent to an activating group) is 1.